The number of hydrogen-bond donors (Lipinski definition) is 0. The molecule has 0 bridgehead atoms. The van der Waals surface area contributed by atoms with Gasteiger partial charge in [0, 0.05) is 12.2 Å². The van der Waals surface area contributed by atoms with Crippen molar-refractivity contribution in [2.24, 2.45) is 0 Å². The molecule has 2 nitrogen and oxygen atoms in total. The molecule has 0 atom stereocenters. The second-order valence-corrected chi connectivity index (χ2v) is 3.76. The predicted molar refractivity (Wildman–Crippen MR) is 73.1 cm³/mol. The zero-order valence-electron chi connectivity index (χ0n) is 11.1. The Labute approximate surface area is 104 Å². The smallest absolute Gasteiger partial charge is 0.0596 e. The molecule has 92 valence electrons. The molecule has 0 saturated carbocycles. The highest BCUT2D eigenvalue weighted by atomic mass is 15.3. The van der Waals surface area contributed by atoms with E-state index in [-0.39, 0.29) is 0 Å². The lowest BCUT2D eigenvalue weighted by Crippen LogP contribution is -1.93. The second kappa shape index (κ2) is 7.66. The van der Waals surface area contributed by atoms with Crippen LogP contribution < -0.4 is 0 Å². The Morgan fingerprint density at radius 3 is 2.00 bits per heavy atom. The van der Waals surface area contributed by atoms with Crippen molar-refractivity contribution in [1.82, 2.24) is 9.78 Å². The highest BCUT2D eigenvalue weighted by Crippen LogP contribution is 2.13. The van der Waals surface area contributed by atoms with Crippen LogP contribution in [0.3, 0.4) is 0 Å². The lowest BCUT2D eigenvalue weighted by atomic mass is 10.3. The largest absolute Gasteiger partial charge is 0.269 e. The van der Waals surface area contributed by atoms with Crippen LogP contribution in [0, 0.1) is 6.92 Å². The van der Waals surface area contributed by atoms with Gasteiger partial charge >= 0.3 is 0 Å². The summed E-state index contributed by atoms with van der Waals surface area (Å²) in [5, 5.41) is 4.31. The Kier molecular flexibility index (Phi) is 6.08. The van der Waals surface area contributed by atoms with E-state index in [0.29, 0.717) is 0 Å². The van der Waals surface area contributed by atoms with Crippen molar-refractivity contribution in [3.05, 3.63) is 53.9 Å². The van der Waals surface area contributed by atoms with E-state index < -0.39 is 0 Å². The summed E-state index contributed by atoms with van der Waals surface area (Å²) in [6.45, 7) is 7.18. The molecule has 2 heterocycles. The minimum Gasteiger partial charge on any atom is -0.269 e. The summed E-state index contributed by atoms with van der Waals surface area (Å²) in [7, 11) is 0. The SMILES string of the molecule is CC.Cc1cc2n(n1)CCC2.c1ccccc1. The monoisotopic (exact) mass is 230 g/mol. The summed E-state index contributed by atoms with van der Waals surface area (Å²) in [6.07, 6.45) is 2.50. The maximum Gasteiger partial charge on any atom is 0.0596 e. The molecule has 2 heteroatoms. The molecule has 1 aliphatic heterocycles. The number of nitrogens with zero attached hydrogens (tertiary/aromatic N) is 2. The van der Waals surface area contributed by atoms with E-state index in [1.54, 1.807) is 0 Å². The molecule has 1 aliphatic rings. The van der Waals surface area contributed by atoms with Crippen LogP contribution in [-0.4, -0.2) is 9.78 Å². The van der Waals surface area contributed by atoms with Gasteiger partial charge in [0.1, 0.15) is 0 Å². The van der Waals surface area contributed by atoms with Crippen molar-refractivity contribution in [2.75, 3.05) is 0 Å². The number of fused-ring (bicyclic) bond motifs is 1. The third-order valence-electron chi connectivity index (χ3n) is 2.45. The fraction of sp³-hybridized carbons (Fsp3) is 0.400. The molecule has 0 N–H and O–H groups in total. The van der Waals surface area contributed by atoms with Crippen molar-refractivity contribution < 1.29 is 0 Å². The van der Waals surface area contributed by atoms with Crippen LogP contribution in [0.5, 0.6) is 0 Å². The van der Waals surface area contributed by atoms with Crippen molar-refractivity contribution in [1.29, 1.82) is 0 Å². The highest BCUT2D eigenvalue weighted by Gasteiger charge is 2.10. The standard InChI is InChI=1S/C7H10N2.C6H6.C2H6/c1-6-5-7-3-2-4-9(7)8-6;1-2-4-6-5-3-1;1-2/h5H,2-4H2,1H3;1-6H;1-2H3. The van der Waals surface area contributed by atoms with E-state index in [4.69, 9.17) is 0 Å². The van der Waals surface area contributed by atoms with Gasteiger partial charge in [0.25, 0.3) is 0 Å². The Morgan fingerprint density at radius 2 is 1.53 bits per heavy atom. The van der Waals surface area contributed by atoms with Gasteiger partial charge in [-0.25, -0.2) is 0 Å². The number of benzene rings is 1. The van der Waals surface area contributed by atoms with Gasteiger partial charge in [-0.15, -0.1) is 0 Å². The molecule has 17 heavy (non-hydrogen) atoms. The van der Waals surface area contributed by atoms with Gasteiger partial charge in [-0.3, -0.25) is 4.68 Å². The molecule has 1 aromatic heterocycles. The van der Waals surface area contributed by atoms with Gasteiger partial charge in [-0.05, 0) is 25.8 Å². The number of rotatable bonds is 0. The summed E-state index contributed by atoms with van der Waals surface area (Å²) in [4.78, 5) is 0. The lowest BCUT2D eigenvalue weighted by molar-refractivity contribution is 0.650. The number of aromatic nitrogens is 2. The van der Waals surface area contributed by atoms with Crippen LogP contribution >= 0.6 is 0 Å². The average molecular weight is 230 g/mol. The molecule has 1 aromatic carbocycles. The quantitative estimate of drug-likeness (QED) is 0.672. The fourth-order valence-electron chi connectivity index (χ4n) is 1.79. The van der Waals surface area contributed by atoms with Crippen molar-refractivity contribution >= 4 is 0 Å². The van der Waals surface area contributed by atoms with Crippen molar-refractivity contribution in [3.8, 4) is 0 Å². The summed E-state index contributed by atoms with van der Waals surface area (Å²) in [5.74, 6) is 0. The van der Waals surface area contributed by atoms with E-state index in [0.717, 1.165) is 12.2 Å². The normalized spacial score (nSPS) is 11.7. The summed E-state index contributed by atoms with van der Waals surface area (Å²) in [6, 6.07) is 14.2. The second-order valence-electron chi connectivity index (χ2n) is 3.76. The highest BCUT2D eigenvalue weighted by molar-refractivity contribution is 5.11. The predicted octanol–water partition coefficient (Wildman–Crippen LogP) is 3.85. The topological polar surface area (TPSA) is 17.8 Å². The average Bonchev–Trinajstić information content (AvgIpc) is 2.95. The molecule has 0 amide bonds. The van der Waals surface area contributed by atoms with E-state index in [2.05, 4.69) is 15.8 Å². The first-order valence-electron chi connectivity index (χ1n) is 6.39. The minimum atomic E-state index is 1.13. The Bertz CT molecular complexity index is 356. The lowest BCUT2D eigenvalue weighted by Gasteiger charge is -1.88. The van der Waals surface area contributed by atoms with Gasteiger partial charge in [0.05, 0.1) is 5.69 Å². The maximum absolute atomic E-state index is 4.31. The van der Waals surface area contributed by atoms with Crippen LogP contribution in [0.4, 0.5) is 0 Å². The van der Waals surface area contributed by atoms with Crippen LogP contribution in [0.2, 0.25) is 0 Å². The van der Waals surface area contributed by atoms with Gasteiger partial charge in [-0.1, -0.05) is 50.2 Å². The molecule has 0 saturated heterocycles. The fourth-order valence-corrected chi connectivity index (χ4v) is 1.79. The first kappa shape index (κ1) is 13.5. The molecule has 0 aliphatic carbocycles. The van der Waals surface area contributed by atoms with Crippen molar-refractivity contribution in [2.45, 2.75) is 40.2 Å². The molecular weight excluding hydrogens is 208 g/mol. The van der Waals surface area contributed by atoms with E-state index in [9.17, 15) is 0 Å². The molecule has 0 spiro atoms. The number of hydrogen-bond acceptors (Lipinski definition) is 1. The van der Waals surface area contributed by atoms with E-state index in [1.165, 1.54) is 18.5 Å². The molecular formula is C15H22N2. The molecule has 0 fully saturated rings. The third-order valence-corrected chi connectivity index (χ3v) is 2.45. The number of aryl methyl sites for hydroxylation is 3. The van der Waals surface area contributed by atoms with Crippen LogP contribution in [0.25, 0.3) is 0 Å². The minimum absolute atomic E-state index is 1.13. The summed E-state index contributed by atoms with van der Waals surface area (Å²) < 4.78 is 2.11. The molecule has 2 aromatic rings. The molecule has 0 unspecified atom stereocenters. The Morgan fingerprint density at radius 1 is 1.00 bits per heavy atom. The van der Waals surface area contributed by atoms with Crippen molar-refractivity contribution in [3.63, 3.8) is 0 Å². The zero-order valence-corrected chi connectivity index (χ0v) is 11.1. The van der Waals surface area contributed by atoms with Gasteiger partial charge in [-0.2, -0.15) is 5.10 Å². The first-order valence-corrected chi connectivity index (χ1v) is 6.39. The van der Waals surface area contributed by atoms with Crippen LogP contribution in [0.15, 0.2) is 42.5 Å². The third kappa shape index (κ3) is 4.43. The van der Waals surface area contributed by atoms with E-state index in [1.807, 2.05) is 57.2 Å². The van der Waals surface area contributed by atoms with Gasteiger partial charge in [0.15, 0.2) is 0 Å². The van der Waals surface area contributed by atoms with Crippen LogP contribution in [0.1, 0.15) is 31.7 Å². The zero-order chi connectivity index (χ0) is 12.5. The maximum atomic E-state index is 4.31. The van der Waals surface area contributed by atoms with E-state index >= 15 is 0 Å². The summed E-state index contributed by atoms with van der Waals surface area (Å²) >= 11 is 0. The van der Waals surface area contributed by atoms with Gasteiger partial charge in [0.2, 0.25) is 0 Å². The van der Waals surface area contributed by atoms with Crippen LogP contribution in [-0.2, 0) is 13.0 Å². The Hall–Kier alpha value is -1.57. The molecule has 3 rings (SSSR count). The Balaban J connectivity index is 0.000000158. The first-order chi connectivity index (χ1) is 8.36. The molecule has 0 radical (unpaired) electrons. The van der Waals surface area contributed by atoms with Gasteiger partial charge < -0.3 is 0 Å². The summed E-state index contributed by atoms with van der Waals surface area (Å²) in [5.41, 5.74) is 2.57.